The van der Waals surface area contributed by atoms with E-state index >= 15 is 0 Å². The highest BCUT2D eigenvalue weighted by atomic mass is 16.7. The number of hydrogen-bond acceptors (Lipinski definition) is 8. The largest absolute Gasteiger partial charge is 0.508 e. The van der Waals surface area contributed by atoms with Crippen molar-refractivity contribution in [1.82, 2.24) is 0 Å². The molecule has 2 unspecified atom stereocenters. The van der Waals surface area contributed by atoms with Crippen LogP contribution in [-0.2, 0) is 31.8 Å². The maximum atomic E-state index is 10.6. The molecule has 72 heavy (non-hydrogen) atoms. The predicted molar refractivity (Wildman–Crippen MR) is 295 cm³/mol. The van der Waals surface area contributed by atoms with Crippen molar-refractivity contribution in [1.29, 1.82) is 0 Å². The highest BCUT2D eigenvalue weighted by molar-refractivity contribution is 5.89. The Labute approximate surface area is 427 Å². The van der Waals surface area contributed by atoms with Crippen LogP contribution in [0, 0.1) is 0 Å². The van der Waals surface area contributed by atoms with Gasteiger partial charge >= 0.3 is 0 Å². The molecule has 6 aromatic carbocycles. The molecule has 6 rings (SSSR count). The molecule has 0 aliphatic carbocycles. The van der Waals surface area contributed by atoms with Crippen LogP contribution in [0.3, 0.4) is 0 Å². The van der Waals surface area contributed by atoms with E-state index < -0.39 is 23.8 Å². The van der Waals surface area contributed by atoms with Crippen molar-refractivity contribution in [2.24, 2.45) is 0 Å². The SMILES string of the molecule is C=Cc1ccc(CC(C)(C)OC=Cc2cccc(CC(C)(C)OC(=Cc3ccccc3)C(=C(C=Cc3ccc(O)cc3)C=Cc3cccc(OC(C)OCC)c3)c3ccc(OC(C)OCC)cc3)c2)c(O)c1. The first-order chi connectivity index (χ1) is 34.6. The number of rotatable bonds is 25. The summed E-state index contributed by atoms with van der Waals surface area (Å²) in [6.07, 6.45) is 16.0. The Balaban J connectivity index is 1.41. The van der Waals surface area contributed by atoms with Crippen molar-refractivity contribution in [3.63, 3.8) is 0 Å². The Morgan fingerprint density at radius 1 is 0.583 bits per heavy atom. The van der Waals surface area contributed by atoms with E-state index in [0.29, 0.717) is 43.3 Å². The van der Waals surface area contributed by atoms with Gasteiger partial charge in [-0.3, -0.25) is 0 Å². The highest BCUT2D eigenvalue weighted by Crippen LogP contribution is 2.37. The molecule has 0 fully saturated rings. The molecule has 0 spiro atoms. The van der Waals surface area contributed by atoms with Gasteiger partial charge in [-0.05, 0) is 160 Å². The van der Waals surface area contributed by atoms with Crippen LogP contribution in [0.15, 0.2) is 182 Å². The smallest absolute Gasteiger partial charge is 0.196 e. The van der Waals surface area contributed by atoms with Crippen molar-refractivity contribution in [3.8, 4) is 23.0 Å². The first-order valence-electron chi connectivity index (χ1n) is 24.6. The van der Waals surface area contributed by atoms with Gasteiger partial charge in [-0.2, -0.15) is 0 Å². The summed E-state index contributed by atoms with van der Waals surface area (Å²) in [5.41, 5.74) is 7.79. The minimum absolute atomic E-state index is 0.191. The summed E-state index contributed by atoms with van der Waals surface area (Å²) in [6.45, 7) is 20.8. The number of phenolic OH excluding ortho intramolecular Hbond substituents is 2. The lowest BCUT2D eigenvalue weighted by molar-refractivity contribution is -0.0616. The summed E-state index contributed by atoms with van der Waals surface area (Å²) in [5.74, 6) is 2.43. The van der Waals surface area contributed by atoms with E-state index in [1.165, 1.54) is 0 Å². The Hall–Kier alpha value is -7.52. The van der Waals surface area contributed by atoms with Crippen molar-refractivity contribution < 1.29 is 38.6 Å². The molecular weight excluding hydrogens is 897 g/mol. The van der Waals surface area contributed by atoms with Gasteiger partial charge in [-0.1, -0.05) is 140 Å². The van der Waals surface area contributed by atoms with Gasteiger partial charge in [0, 0.05) is 31.6 Å². The average molecular weight is 967 g/mol. The number of ether oxygens (including phenoxy) is 6. The maximum absolute atomic E-state index is 10.6. The first-order valence-corrected chi connectivity index (χ1v) is 24.6. The fourth-order valence-corrected chi connectivity index (χ4v) is 8.08. The van der Waals surface area contributed by atoms with Gasteiger partial charge in [-0.25, -0.2) is 0 Å². The lowest BCUT2D eigenvalue weighted by Crippen LogP contribution is -2.27. The average Bonchev–Trinajstić information content (AvgIpc) is 3.34. The predicted octanol–water partition coefficient (Wildman–Crippen LogP) is 15.5. The zero-order valence-electron chi connectivity index (χ0n) is 43.0. The van der Waals surface area contributed by atoms with Crippen LogP contribution in [0.1, 0.15) is 99.9 Å². The molecular formula is C64H70O8. The van der Waals surface area contributed by atoms with Crippen LogP contribution in [0.2, 0.25) is 0 Å². The van der Waals surface area contributed by atoms with Crippen LogP contribution < -0.4 is 9.47 Å². The molecule has 0 heterocycles. The zero-order valence-corrected chi connectivity index (χ0v) is 43.0. The Kier molecular flexibility index (Phi) is 19.5. The van der Waals surface area contributed by atoms with Crippen LogP contribution in [0.4, 0.5) is 0 Å². The summed E-state index contributed by atoms with van der Waals surface area (Å²) in [4.78, 5) is 0. The van der Waals surface area contributed by atoms with Crippen LogP contribution in [0.5, 0.6) is 23.0 Å². The van der Waals surface area contributed by atoms with Gasteiger partial charge in [0.2, 0.25) is 0 Å². The van der Waals surface area contributed by atoms with Gasteiger partial charge in [0.1, 0.15) is 40.0 Å². The lowest BCUT2D eigenvalue weighted by Gasteiger charge is -2.30. The third-order valence-electron chi connectivity index (χ3n) is 11.4. The molecule has 2 atom stereocenters. The number of aromatic hydroxyl groups is 2. The molecule has 0 radical (unpaired) electrons. The second kappa shape index (κ2) is 26.1. The van der Waals surface area contributed by atoms with E-state index in [4.69, 9.17) is 28.4 Å². The van der Waals surface area contributed by atoms with Gasteiger partial charge in [0.15, 0.2) is 12.6 Å². The van der Waals surface area contributed by atoms with Crippen molar-refractivity contribution >= 4 is 36.0 Å². The number of phenols is 2. The van der Waals surface area contributed by atoms with Crippen molar-refractivity contribution in [2.45, 2.75) is 92.0 Å². The van der Waals surface area contributed by atoms with Crippen LogP contribution in [0.25, 0.3) is 36.0 Å². The molecule has 0 saturated heterocycles. The second-order valence-corrected chi connectivity index (χ2v) is 18.6. The van der Waals surface area contributed by atoms with Crippen LogP contribution in [-0.4, -0.2) is 47.2 Å². The minimum Gasteiger partial charge on any atom is -0.508 e. The highest BCUT2D eigenvalue weighted by Gasteiger charge is 2.26. The number of benzene rings is 6. The Morgan fingerprint density at radius 3 is 1.85 bits per heavy atom. The second-order valence-electron chi connectivity index (χ2n) is 18.6. The topological polar surface area (TPSA) is 95.8 Å². The van der Waals surface area contributed by atoms with E-state index in [1.807, 2.05) is 151 Å². The van der Waals surface area contributed by atoms with Crippen molar-refractivity contribution in [3.05, 3.63) is 226 Å². The monoisotopic (exact) mass is 967 g/mol. The third kappa shape index (κ3) is 17.1. The molecule has 0 saturated carbocycles. The van der Waals surface area contributed by atoms with Gasteiger partial charge < -0.3 is 38.6 Å². The minimum atomic E-state index is -0.732. The molecule has 8 heteroatoms. The zero-order chi connectivity index (χ0) is 51.5. The number of hydrogen-bond donors (Lipinski definition) is 2. The van der Waals surface area contributed by atoms with Gasteiger partial charge in [0.25, 0.3) is 0 Å². The summed E-state index contributed by atoms with van der Waals surface area (Å²) < 4.78 is 37.2. The molecule has 0 amide bonds. The Morgan fingerprint density at radius 2 is 1.19 bits per heavy atom. The molecule has 6 aromatic rings. The fourth-order valence-electron chi connectivity index (χ4n) is 8.08. The van der Waals surface area contributed by atoms with Gasteiger partial charge in [0.05, 0.1) is 6.26 Å². The molecule has 8 nitrogen and oxygen atoms in total. The molecule has 0 aliphatic heterocycles. The summed E-state index contributed by atoms with van der Waals surface area (Å²) in [5, 5.41) is 20.8. The summed E-state index contributed by atoms with van der Waals surface area (Å²) >= 11 is 0. The summed E-state index contributed by atoms with van der Waals surface area (Å²) in [7, 11) is 0. The first kappa shape index (κ1) is 53.8. The standard InChI is InChI=1S/C64H70O8/c1-10-48-24-31-56(60(66)42-48)45-63(6,7)69-39-38-52-20-16-22-53(40-52)44-64(8,9)72-61(43-50-18-14-13-15-19-50)62(55-32-36-58(37-33-55)70-46(4)67-11-2)54(29-25-49-27-34-57(65)35-28-49)30-26-51-21-17-23-59(41-51)71-47(5)68-12-3/h10,13-43,46-47,65-66H,1,11-12,44-45H2,2-9H3. The maximum Gasteiger partial charge on any atom is 0.196 e. The van der Waals surface area contributed by atoms with Crippen LogP contribution >= 0.6 is 0 Å². The third-order valence-corrected chi connectivity index (χ3v) is 11.4. The number of allylic oxidation sites excluding steroid dienone is 4. The Bertz CT molecular complexity index is 2830. The lowest BCUT2D eigenvalue weighted by atomic mass is 9.93. The normalized spacial score (nSPS) is 13.5. The van der Waals surface area contributed by atoms with Gasteiger partial charge in [-0.15, -0.1) is 0 Å². The van der Waals surface area contributed by atoms with E-state index in [-0.39, 0.29) is 11.5 Å². The summed E-state index contributed by atoms with van der Waals surface area (Å²) in [6, 6.07) is 47.1. The van der Waals surface area contributed by atoms with E-state index in [1.54, 1.807) is 30.5 Å². The molecule has 0 aliphatic rings. The van der Waals surface area contributed by atoms with E-state index in [2.05, 4.69) is 75.1 Å². The van der Waals surface area contributed by atoms with E-state index in [0.717, 1.165) is 55.7 Å². The molecule has 0 bridgehead atoms. The molecule has 0 aromatic heterocycles. The van der Waals surface area contributed by atoms with Crippen molar-refractivity contribution in [2.75, 3.05) is 13.2 Å². The quantitative estimate of drug-likeness (QED) is 0.0333. The molecule has 2 N–H and O–H groups in total. The van der Waals surface area contributed by atoms with E-state index in [9.17, 15) is 10.2 Å². The molecule has 374 valence electrons. The fraction of sp³-hybridized carbons (Fsp3) is 0.250.